The van der Waals surface area contributed by atoms with Crippen molar-refractivity contribution in [1.82, 2.24) is 20.6 Å². The molecule has 0 saturated carbocycles. The molecule has 0 spiro atoms. The van der Waals surface area contributed by atoms with E-state index in [0.29, 0.717) is 42.6 Å². The molecular weight excluding hydrogens is 468 g/mol. The number of nitrogens with zero attached hydrogens (tertiary/aromatic N) is 4. The molecule has 1 amide bonds. The van der Waals surface area contributed by atoms with E-state index >= 15 is 0 Å². The van der Waals surface area contributed by atoms with E-state index in [4.69, 9.17) is 9.57 Å². The molecule has 3 aliphatic heterocycles. The summed E-state index contributed by atoms with van der Waals surface area (Å²) in [5.74, 6) is 0.765. The summed E-state index contributed by atoms with van der Waals surface area (Å²) in [5, 5.41) is 16.2. The van der Waals surface area contributed by atoms with Crippen molar-refractivity contribution in [2.75, 3.05) is 29.9 Å². The Morgan fingerprint density at radius 1 is 1.29 bits per heavy atom. The number of carbonyl (C=O) groups excluding carboxylic acids is 2. The molecule has 0 saturated heterocycles. The number of rotatable bonds is 4. The quantitative estimate of drug-likeness (QED) is 0.654. The fraction of sp³-hybridized carbons (Fsp3) is 0.417. The number of hydroxylamine groups is 2. The Kier molecular flexibility index (Phi) is 5.96. The zero-order valence-corrected chi connectivity index (χ0v) is 20.9. The number of benzene rings is 1. The van der Waals surface area contributed by atoms with Crippen molar-refractivity contribution in [3.8, 4) is 5.75 Å². The van der Waals surface area contributed by atoms with Crippen LogP contribution in [0.15, 0.2) is 40.9 Å². The topological polar surface area (TPSA) is 109 Å². The second kappa shape index (κ2) is 8.95. The van der Waals surface area contributed by atoms with Crippen molar-refractivity contribution in [3.63, 3.8) is 0 Å². The number of ether oxygens (including phenoxy) is 1. The SMILES string of the molecule is CC(=O)ON1C2=C(SC1N1CCOc3ccc(Nc4ccc(C)nn4)cc31)C(=O)NCC(C)(C)C2. The Balaban J connectivity index is 1.48. The summed E-state index contributed by atoms with van der Waals surface area (Å²) in [6.07, 6.45) is 0.600. The first-order chi connectivity index (χ1) is 16.7. The first-order valence-electron chi connectivity index (χ1n) is 11.5. The van der Waals surface area contributed by atoms with E-state index in [1.165, 1.54) is 18.7 Å². The highest BCUT2D eigenvalue weighted by atomic mass is 32.2. The molecule has 184 valence electrons. The van der Waals surface area contributed by atoms with Crippen molar-refractivity contribution in [1.29, 1.82) is 0 Å². The summed E-state index contributed by atoms with van der Waals surface area (Å²) in [5.41, 5.74) is 2.58. The molecule has 3 aliphatic rings. The molecule has 0 fully saturated rings. The van der Waals surface area contributed by atoms with Crippen LogP contribution in [0.1, 0.15) is 32.9 Å². The van der Waals surface area contributed by atoms with Crippen LogP contribution in [-0.4, -0.2) is 52.3 Å². The number of hydrogen-bond acceptors (Lipinski definition) is 10. The molecule has 1 unspecified atom stereocenters. The molecule has 0 bridgehead atoms. The number of amides is 1. The van der Waals surface area contributed by atoms with Crippen molar-refractivity contribution in [3.05, 3.63) is 46.6 Å². The minimum Gasteiger partial charge on any atom is -0.490 e. The lowest BCUT2D eigenvalue weighted by molar-refractivity contribution is -0.181. The molecule has 0 aliphatic carbocycles. The van der Waals surface area contributed by atoms with Crippen LogP contribution < -0.4 is 20.3 Å². The minimum absolute atomic E-state index is 0.142. The summed E-state index contributed by atoms with van der Waals surface area (Å²) >= 11 is 1.39. The van der Waals surface area contributed by atoms with Gasteiger partial charge in [0.1, 0.15) is 12.4 Å². The number of hydrogen-bond donors (Lipinski definition) is 2. The molecule has 4 heterocycles. The van der Waals surface area contributed by atoms with Crippen molar-refractivity contribution in [2.45, 2.75) is 39.6 Å². The number of anilines is 3. The largest absolute Gasteiger partial charge is 0.490 e. The zero-order chi connectivity index (χ0) is 24.7. The molecule has 5 rings (SSSR count). The van der Waals surface area contributed by atoms with E-state index < -0.39 is 11.5 Å². The van der Waals surface area contributed by atoms with E-state index in [2.05, 4.69) is 39.6 Å². The number of carbonyl (C=O) groups is 2. The average molecular weight is 497 g/mol. The van der Waals surface area contributed by atoms with Gasteiger partial charge in [-0.15, -0.1) is 5.10 Å². The Hall–Kier alpha value is -3.47. The van der Waals surface area contributed by atoms with Gasteiger partial charge in [0.05, 0.1) is 28.5 Å². The molecule has 0 radical (unpaired) electrons. The number of aryl methyl sites for hydroxylation is 1. The number of nitrogens with one attached hydrogen (secondary N) is 2. The van der Waals surface area contributed by atoms with E-state index in [1.54, 1.807) is 5.06 Å². The van der Waals surface area contributed by atoms with E-state index in [1.807, 2.05) is 37.3 Å². The summed E-state index contributed by atoms with van der Waals surface area (Å²) < 4.78 is 5.92. The van der Waals surface area contributed by atoms with Crippen molar-refractivity contribution < 1.29 is 19.2 Å². The predicted molar refractivity (Wildman–Crippen MR) is 133 cm³/mol. The first-order valence-corrected chi connectivity index (χ1v) is 12.3. The third-order valence-corrected chi connectivity index (χ3v) is 7.27. The number of allylic oxidation sites excluding steroid dienone is 1. The minimum atomic E-state index is -0.444. The average Bonchev–Trinajstić information content (AvgIpc) is 3.09. The van der Waals surface area contributed by atoms with Gasteiger partial charge in [-0.3, -0.25) is 9.59 Å². The van der Waals surface area contributed by atoms with Gasteiger partial charge in [-0.05, 0) is 49.1 Å². The van der Waals surface area contributed by atoms with Gasteiger partial charge >= 0.3 is 5.97 Å². The number of aromatic nitrogens is 2. The Bertz CT molecular complexity index is 1200. The Labute approximate surface area is 208 Å². The van der Waals surface area contributed by atoms with E-state index in [-0.39, 0.29) is 11.3 Å². The van der Waals surface area contributed by atoms with Crippen LogP contribution in [0, 0.1) is 12.3 Å². The molecule has 1 aromatic heterocycles. The number of thioether (sulfide) groups is 1. The maximum Gasteiger partial charge on any atom is 0.329 e. The van der Waals surface area contributed by atoms with Gasteiger partial charge in [-0.2, -0.15) is 10.2 Å². The van der Waals surface area contributed by atoms with Crippen LogP contribution in [0.25, 0.3) is 0 Å². The summed E-state index contributed by atoms with van der Waals surface area (Å²) in [6, 6.07) is 9.54. The zero-order valence-electron chi connectivity index (χ0n) is 20.1. The number of fused-ring (bicyclic) bond motifs is 1. The third-order valence-electron chi connectivity index (χ3n) is 5.95. The molecule has 35 heavy (non-hydrogen) atoms. The molecule has 1 aromatic carbocycles. The van der Waals surface area contributed by atoms with Crippen LogP contribution >= 0.6 is 11.8 Å². The van der Waals surface area contributed by atoms with Gasteiger partial charge in [0.2, 0.25) is 0 Å². The van der Waals surface area contributed by atoms with Crippen LogP contribution in [-0.2, 0) is 14.4 Å². The summed E-state index contributed by atoms with van der Waals surface area (Å²) in [6.45, 7) is 9.01. The van der Waals surface area contributed by atoms with E-state index in [0.717, 1.165) is 22.8 Å². The molecule has 1 atom stereocenters. The highest BCUT2D eigenvalue weighted by molar-refractivity contribution is 8.04. The van der Waals surface area contributed by atoms with Crippen LogP contribution in [0.4, 0.5) is 17.2 Å². The normalized spacial score (nSPS) is 20.9. The van der Waals surface area contributed by atoms with Gasteiger partial charge in [-0.25, -0.2) is 0 Å². The predicted octanol–water partition coefficient (Wildman–Crippen LogP) is 3.30. The van der Waals surface area contributed by atoms with Gasteiger partial charge in [0.15, 0.2) is 11.3 Å². The highest BCUT2D eigenvalue weighted by Gasteiger charge is 2.46. The first kappa shape index (κ1) is 23.3. The van der Waals surface area contributed by atoms with E-state index in [9.17, 15) is 9.59 Å². The standard InChI is InChI=1S/C24H28N6O4S/c1-14-5-8-20(28-27-14)26-16-6-7-19-17(11-16)29(9-10-33-19)23-30(34-15(2)31)18-12-24(3,4)13-25-22(32)21(18)35-23/h5-8,11,23H,9-10,12-13H2,1-4H3,(H,25,32)(H,26,28). The molecule has 2 aromatic rings. The molecular formula is C24H28N6O4S. The van der Waals surface area contributed by atoms with Crippen molar-refractivity contribution in [2.24, 2.45) is 5.41 Å². The van der Waals surface area contributed by atoms with Crippen LogP contribution in [0.5, 0.6) is 5.75 Å². The molecule has 10 nitrogen and oxygen atoms in total. The molecule has 11 heteroatoms. The third kappa shape index (κ3) is 4.72. The fourth-order valence-electron chi connectivity index (χ4n) is 4.30. The maximum absolute atomic E-state index is 12.9. The van der Waals surface area contributed by atoms with Gasteiger partial charge in [0.25, 0.3) is 5.91 Å². The second-order valence-electron chi connectivity index (χ2n) is 9.56. The lowest BCUT2D eigenvalue weighted by Crippen LogP contribution is -2.48. The van der Waals surface area contributed by atoms with Crippen molar-refractivity contribution >= 4 is 40.8 Å². The highest BCUT2D eigenvalue weighted by Crippen LogP contribution is 2.48. The van der Waals surface area contributed by atoms with Crippen LogP contribution in [0.2, 0.25) is 0 Å². The molecule has 2 N–H and O–H groups in total. The smallest absolute Gasteiger partial charge is 0.329 e. The maximum atomic E-state index is 12.9. The fourth-order valence-corrected chi connectivity index (χ4v) is 5.60. The Morgan fingerprint density at radius 2 is 2.11 bits per heavy atom. The Morgan fingerprint density at radius 3 is 2.86 bits per heavy atom. The van der Waals surface area contributed by atoms with Crippen LogP contribution in [0.3, 0.4) is 0 Å². The summed E-state index contributed by atoms with van der Waals surface area (Å²) in [7, 11) is 0. The van der Waals surface area contributed by atoms with Gasteiger partial charge in [-0.1, -0.05) is 25.6 Å². The van der Waals surface area contributed by atoms with Gasteiger partial charge < -0.3 is 25.1 Å². The van der Waals surface area contributed by atoms with Gasteiger partial charge in [0, 0.05) is 19.2 Å². The monoisotopic (exact) mass is 496 g/mol. The second-order valence-corrected chi connectivity index (χ2v) is 10.6. The lowest BCUT2D eigenvalue weighted by atomic mass is 9.88. The lowest BCUT2D eigenvalue weighted by Gasteiger charge is -2.40. The summed E-state index contributed by atoms with van der Waals surface area (Å²) in [4.78, 5) is 33.4.